The van der Waals surface area contributed by atoms with E-state index in [0.29, 0.717) is 0 Å². The fourth-order valence-corrected chi connectivity index (χ4v) is 9.05. The molecule has 0 atom stereocenters. The lowest BCUT2D eigenvalue weighted by atomic mass is 9.83. The normalized spacial score (nSPS) is 11.8. The average Bonchev–Trinajstić information content (AvgIpc) is 3.94. The molecule has 12 rings (SSSR count). The first kappa shape index (κ1) is 32.6. The van der Waals surface area contributed by atoms with Gasteiger partial charge in [0, 0.05) is 21.9 Å². The first-order valence-electron chi connectivity index (χ1n) is 19.8. The number of furan rings is 2. The van der Waals surface area contributed by atoms with Gasteiger partial charge in [0.15, 0.2) is 0 Å². The summed E-state index contributed by atoms with van der Waals surface area (Å²) in [6.45, 7) is 0. The number of hydrogen-bond acceptors (Lipinski definition) is 2. The topological polar surface area (TPSA) is 26.3 Å². The second-order valence-corrected chi connectivity index (χ2v) is 15.2. The van der Waals surface area contributed by atoms with Gasteiger partial charge in [-0.2, -0.15) is 0 Å². The molecule has 270 valence electrons. The Hall–Kier alpha value is -7.68. The van der Waals surface area contributed by atoms with Crippen LogP contribution in [-0.4, -0.2) is 0 Å². The molecule has 58 heavy (non-hydrogen) atoms. The SMILES string of the molecule is c1ccc(-c2ccc(-c3cc(-c4cc5ccccc5o4)c4ccc5c(-c6ccc(-c7ccccc7)cc6)cc(-c6cc7ccccc7o6)c6ccc3c4c56)cc2)cc1. The summed E-state index contributed by atoms with van der Waals surface area (Å²) in [4.78, 5) is 0. The number of benzene rings is 10. The summed E-state index contributed by atoms with van der Waals surface area (Å²) >= 11 is 0. The Morgan fingerprint density at radius 1 is 0.241 bits per heavy atom. The predicted molar refractivity (Wildman–Crippen MR) is 242 cm³/mol. The maximum Gasteiger partial charge on any atom is 0.136 e. The van der Waals surface area contributed by atoms with Gasteiger partial charge in [0.05, 0.1) is 0 Å². The highest BCUT2D eigenvalue weighted by molar-refractivity contribution is 6.32. The Balaban J connectivity index is 1.16. The lowest BCUT2D eigenvalue weighted by molar-refractivity contribution is 0.632. The van der Waals surface area contributed by atoms with Gasteiger partial charge in [-0.25, -0.2) is 0 Å². The Bertz CT molecular complexity index is 3160. The van der Waals surface area contributed by atoms with E-state index in [9.17, 15) is 0 Å². The standard InChI is InChI=1S/C56H34O2/c1-3-11-35(12-4-1)37-19-23-39(24-20-37)47-33-49(53-31-41-15-7-9-17-51(41)57-53)45-30-28-44-48(40-25-21-38(22-26-40)36-13-5-2-6-14-36)34-50(46-29-27-43(47)55(45)56(44)46)54-32-42-16-8-10-18-52(42)58-54/h1-34H. The minimum atomic E-state index is 0.857. The van der Waals surface area contributed by atoms with E-state index in [1.165, 1.54) is 54.9 Å². The molecule has 0 aliphatic rings. The molecule has 0 saturated carbocycles. The molecule has 0 bridgehead atoms. The van der Waals surface area contributed by atoms with E-state index in [2.05, 4.69) is 182 Å². The van der Waals surface area contributed by atoms with Crippen LogP contribution in [0.2, 0.25) is 0 Å². The Morgan fingerprint density at radius 3 is 0.966 bits per heavy atom. The molecule has 0 aliphatic heterocycles. The monoisotopic (exact) mass is 738 g/mol. The molecule has 2 aromatic heterocycles. The number of fused-ring (bicyclic) bond motifs is 2. The van der Waals surface area contributed by atoms with E-state index in [0.717, 1.165) is 66.5 Å². The summed E-state index contributed by atoms with van der Waals surface area (Å²) in [5.74, 6) is 1.71. The highest BCUT2D eigenvalue weighted by Gasteiger charge is 2.23. The third-order valence-corrected chi connectivity index (χ3v) is 11.9. The molecule has 10 aromatic carbocycles. The van der Waals surface area contributed by atoms with Crippen LogP contribution in [0, 0.1) is 0 Å². The molecule has 0 saturated heterocycles. The molecule has 0 amide bonds. The van der Waals surface area contributed by atoms with Crippen LogP contribution in [0.5, 0.6) is 0 Å². The second-order valence-electron chi connectivity index (χ2n) is 15.2. The van der Waals surface area contributed by atoms with Crippen LogP contribution in [0.4, 0.5) is 0 Å². The van der Waals surface area contributed by atoms with Gasteiger partial charge < -0.3 is 8.83 Å². The molecule has 12 aromatic rings. The predicted octanol–water partition coefficient (Wildman–Crippen LogP) is 16.1. The van der Waals surface area contributed by atoms with Gasteiger partial charge >= 0.3 is 0 Å². The lowest BCUT2D eigenvalue weighted by Crippen LogP contribution is -1.94. The van der Waals surface area contributed by atoms with Crippen LogP contribution in [0.3, 0.4) is 0 Å². The molecule has 0 aliphatic carbocycles. The van der Waals surface area contributed by atoms with Crippen molar-refractivity contribution in [3.05, 3.63) is 206 Å². The first-order valence-corrected chi connectivity index (χ1v) is 19.8. The third-order valence-electron chi connectivity index (χ3n) is 11.9. The largest absolute Gasteiger partial charge is 0.456 e. The van der Waals surface area contributed by atoms with E-state index in [1.807, 2.05) is 24.3 Å². The van der Waals surface area contributed by atoms with E-state index < -0.39 is 0 Å². The zero-order chi connectivity index (χ0) is 38.2. The van der Waals surface area contributed by atoms with Crippen molar-refractivity contribution >= 4 is 54.3 Å². The summed E-state index contributed by atoms with van der Waals surface area (Å²) in [6, 6.07) is 74.0. The van der Waals surface area contributed by atoms with E-state index >= 15 is 0 Å². The van der Waals surface area contributed by atoms with Crippen molar-refractivity contribution in [1.29, 1.82) is 0 Å². The quantitative estimate of drug-likeness (QED) is 0.159. The Morgan fingerprint density at radius 2 is 0.569 bits per heavy atom. The van der Waals surface area contributed by atoms with Crippen molar-refractivity contribution in [2.24, 2.45) is 0 Å². The van der Waals surface area contributed by atoms with Crippen molar-refractivity contribution in [1.82, 2.24) is 0 Å². The van der Waals surface area contributed by atoms with Crippen molar-refractivity contribution in [3.8, 4) is 67.2 Å². The number of para-hydroxylation sites is 2. The van der Waals surface area contributed by atoms with Crippen molar-refractivity contribution in [2.45, 2.75) is 0 Å². The summed E-state index contributed by atoms with van der Waals surface area (Å²) in [6.07, 6.45) is 0. The zero-order valence-electron chi connectivity index (χ0n) is 31.4. The third kappa shape index (κ3) is 5.19. The molecule has 2 nitrogen and oxygen atoms in total. The molecule has 2 heterocycles. The first-order chi connectivity index (χ1) is 28.7. The van der Waals surface area contributed by atoms with Crippen LogP contribution in [0.1, 0.15) is 0 Å². The average molecular weight is 739 g/mol. The van der Waals surface area contributed by atoms with Crippen molar-refractivity contribution < 1.29 is 8.83 Å². The molecular weight excluding hydrogens is 705 g/mol. The van der Waals surface area contributed by atoms with Crippen LogP contribution in [0.15, 0.2) is 215 Å². The van der Waals surface area contributed by atoms with E-state index in [4.69, 9.17) is 8.83 Å². The molecule has 0 spiro atoms. The van der Waals surface area contributed by atoms with Gasteiger partial charge in [0.25, 0.3) is 0 Å². The summed E-state index contributed by atoms with van der Waals surface area (Å²) in [7, 11) is 0. The Kier molecular flexibility index (Phi) is 7.26. The van der Waals surface area contributed by atoms with Gasteiger partial charge in [-0.3, -0.25) is 0 Å². The molecule has 0 fully saturated rings. The summed E-state index contributed by atoms with van der Waals surface area (Å²) < 4.78 is 13.3. The zero-order valence-corrected chi connectivity index (χ0v) is 31.4. The summed E-state index contributed by atoms with van der Waals surface area (Å²) in [5, 5.41) is 9.33. The van der Waals surface area contributed by atoms with Gasteiger partial charge in [-0.15, -0.1) is 0 Å². The molecular formula is C56H34O2. The molecule has 2 heteroatoms. The van der Waals surface area contributed by atoms with Gasteiger partial charge in [-0.1, -0.05) is 170 Å². The van der Waals surface area contributed by atoms with E-state index in [1.54, 1.807) is 0 Å². The van der Waals surface area contributed by atoms with Crippen LogP contribution >= 0.6 is 0 Å². The maximum absolute atomic E-state index is 6.66. The molecule has 0 unspecified atom stereocenters. The van der Waals surface area contributed by atoms with E-state index in [-0.39, 0.29) is 0 Å². The van der Waals surface area contributed by atoms with Gasteiger partial charge in [-0.05, 0) is 113 Å². The highest BCUT2D eigenvalue weighted by atomic mass is 16.3. The smallest absolute Gasteiger partial charge is 0.136 e. The van der Waals surface area contributed by atoms with Crippen LogP contribution < -0.4 is 0 Å². The lowest BCUT2D eigenvalue weighted by Gasteiger charge is -2.20. The highest BCUT2D eigenvalue weighted by Crippen LogP contribution is 2.49. The summed E-state index contributed by atoms with van der Waals surface area (Å²) in [5.41, 5.74) is 13.3. The fraction of sp³-hybridized carbons (Fsp3) is 0. The van der Waals surface area contributed by atoms with Crippen molar-refractivity contribution in [3.63, 3.8) is 0 Å². The van der Waals surface area contributed by atoms with Gasteiger partial charge in [0.2, 0.25) is 0 Å². The van der Waals surface area contributed by atoms with Gasteiger partial charge in [0.1, 0.15) is 22.7 Å². The number of hydrogen-bond donors (Lipinski definition) is 0. The fourth-order valence-electron chi connectivity index (χ4n) is 9.05. The minimum Gasteiger partial charge on any atom is -0.456 e. The second kappa shape index (κ2) is 12.9. The molecule has 0 N–H and O–H groups in total. The molecule has 0 radical (unpaired) electrons. The van der Waals surface area contributed by atoms with Crippen LogP contribution in [-0.2, 0) is 0 Å². The number of rotatable bonds is 6. The van der Waals surface area contributed by atoms with Crippen molar-refractivity contribution in [2.75, 3.05) is 0 Å². The maximum atomic E-state index is 6.66. The van der Waals surface area contributed by atoms with Crippen LogP contribution in [0.25, 0.3) is 121 Å². The Labute approximate surface area is 335 Å². The minimum absolute atomic E-state index is 0.857.